The summed E-state index contributed by atoms with van der Waals surface area (Å²) in [5.74, 6) is 0. The molecular weight excluding hydrogens is 891 g/mol. The molecule has 1 heteroatoms. The average Bonchev–Trinajstić information content (AvgIpc) is 4.09. The van der Waals surface area contributed by atoms with Crippen molar-refractivity contribution in [1.29, 1.82) is 0 Å². The van der Waals surface area contributed by atoms with E-state index in [9.17, 15) is 0 Å². The highest BCUT2D eigenvalue weighted by Gasteiger charge is 2.53. The number of benzene rings is 11. The summed E-state index contributed by atoms with van der Waals surface area (Å²) >= 11 is 0. The number of anilines is 3. The van der Waals surface area contributed by atoms with Crippen molar-refractivity contribution >= 4 is 17.1 Å². The van der Waals surface area contributed by atoms with Gasteiger partial charge >= 0.3 is 0 Å². The molecule has 0 bridgehead atoms. The maximum absolute atomic E-state index is 2.54. The van der Waals surface area contributed by atoms with Crippen LogP contribution in [-0.4, -0.2) is 0 Å². The van der Waals surface area contributed by atoms with Crippen LogP contribution in [0.15, 0.2) is 249 Å². The predicted molar refractivity (Wildman–Crippen MR) is 307 cm³/mol. The van der Waals surface area contributed by atoms with Crippen LogP contribution in [0.1, 0.15) is 80.6 Å². The van der Waals surface area contributed by atoms with E-state index in [-0.39, 0.29) is 5.41 Å². The quantitative estimate of drug-likeness (QED) is 0.161. The summed E-state index contributed by atoms with van der Waals surface area (Å²) in [6.07, 6.45) is 0. The van der Waals surface area contributed by atoms with E-state index in [4.69, 9.17) is 0 Å². The lowest BCUT2D eigenvalue weighted by molar-refractivity contribution is 0.660. The van der Waals surface area contributed by atoms with Gasteiger partial charge in [-0.25, -0.2) is 0 Å². The Balaban J connectivity index is 0.987. The molecule has 0 saturated carbocycles. The van der Waals surface area contributed by atoms with Gasteiger partial charge in [0.25, 0.3) is 0 Å². The van der Waals surface area contributed by atoms with E-state index < -0.39 is 10.8 Å². The molecule has 0 fully saturated rings. The fourth-order valence-electron chi connectivity index (χ4n) is 14.4. The third-order valence-electron chi connectivity index (χ3n) is 17.4. The fourth-order valence-corrected chi connectivity index (χ4v) is 14.4. The molecular formula is C73H53N. The highest BCUT2D eigenvalue weighted by Crippen LogP contribution is 2.65. The molecule has 1 nitrogen and oxygen atoms in total. The second-order valence-corrected chi connectivity index (χ2v) is 21.7. The second-order valence-electron chi connectivity index (χ2n) is 21.7. The van der Waals surface area contributed by atoms with Crippen molar-refractivity contribution in [3.8, 4) is 55.6 Å². The van der Waals surface area contributed by atoms with Gasteiger partial charge in [0, 0.05) is 22.5 Å². The molecule has 15 rings (SSSR count). The molecule has 350 valence electrons. The zero-order valence-corrected chi connectivity index (χ0v) is 42.1. The minimum absolute atomic E-state index is 0.177. The first-order valence-corrected chi connectivity index (χ1v) is 26.2. The van der Waals surface area contributed by atoms with Crippen LogP contribution in [0.3, 0.4) is 0 Å². The number of fused-ring (bicyclic) bond motifs is 16. The SMILES string of the molecule is Cc1ccc2c(c1)C1(c3cc(C)ccc3-2)c2ccccc2-c2cccc(-c3cccc(N(c4ccc5c(c4)C(C)(C)c4ccccc4-5)c4ccc5c(c4)C(c4ccccc4)(c4ccccc4)c4ccccc4-5)c3)c21. The average molecular weight is 944 g/mol. The van der Waals surface area contributed by atoms with E-state index in [0.717, 1.165) is 17.1 Å². The van der Waals surface area contributed by atoms with Crippen LogP contribution in [0.25, 0.3) is 55.6 Å². The van der Waals surface area contributed by atoms with Crippen LogP contribution in [-0.2, 0) is 16.2 Å². The van der Waals surface area contributed by atoms with Gasteiger partial charge < -0.3 is 4.90 Å². The van der Waals surface area contributed by atoms with Crippen LogP contribution in [0.4, 0.5) is 17.1 Å². The molecule has 0 amide bonds. The first-order valence-electron chi connectivity index (χ1n) is 26.2. The van der Waals surface area contributed by atoms with Gasteiger partial charge in [0.05, 0.1) is 10.8 Å². The summed E-state index contributed by atoms with van der Waals surface area (Å²) in [4.78, 5) is 2.54. The molecule has 0 heterocycles. The van der Waals surface area contributed by atoms with Crippen molar-refractivity contribution < 1.29 is 0 Å². The lowest BCUT2D eigenvalue weighted by Gasteiger charge is -2.35. The van der Waals surface area contributed by atoms with Crippen molar-refractivity contribution in [3.63, 3.8) is 0 Å². The Morgan fingerprint density at radius 3 is 1.28 bits per heavy atom. The molecule has 0 radical (unpaired) electrons. The van der Waals surface area contributed by atoms with Crippen LogP contribution < -0.4 is 4.90 Å². The minimum Gasteiger partial charge on any atom is -0.310 e. The summed E-state index contributed by atoms with van der Waals surface area (Å²) in [5.41, 5.74) is 30.9. The standard InChI is InChI=1S/C73H53N/c1-46-33-37-59-60-38-34-47(2)42-68(60)73(67(59)41-46)65-32-16-13-27-57(65)62-29-18-28-54(70(62)73)48-19-17-24-51(43-48)74(52-35-39-58-55-25-11-14-30-63(55)71(3,4)66(58)44-52)53-36-40-61-56-26-12-15-31-64(56)72(69(61)45-53,49-20-7-5-8-21-49)50-22-9-6-10-23-50/h5-45H,1-4H3. The third kappa shape index (κ3) is 5.65. The number of aryl methyl sites for hydroxylation is 2. The van der Waals surface area contributed by atoms with E-state index in [1.165, 1.54) is 122 Å². The van der Waals surface area contributed by atoms with E-state index in [1.807, 2.05) is 0 Å². The molecule has 74 heavy (non-hydrogen) atoms. The highest BCUT2D eigenvalue weighted by molar-refractivity contribution is 6.00. The third-order valence-corrected chi connectivity index (χ3v) is 17.4. The molecule has 0 aromatic heterocycles. The monoisotopic (exact) mass is 943 g/mol. The molecule has 4 aliphatic carbocycles. The summed E-state index contributed by atoms with van der Waals surface area (Å²) in [7, 11) is 0. The first-order chi connectivity index (χ1) is 36.3. The Hall–Kier alpha value is -8.78. The van der Waals surface area contributed by atoms with Gasteiger partial charge in [-0.05, 0) is 162 Å². The van der Waals surface area contributed by atoms with Crippen LogP contribution in [0.5, 0.6) is 0 Å². The topological polar surface area (TPSA) is 3.24 Å². The summed E-state index contributed by atoms with van der Waals surface area (Å²) in [6, 6.07) is 94.7. The molecule has 1 spiro atoms. The van der Waals surface area contributed by atoms with Crippen molar-refractivity contribution in [1.82, 2.24) is 0 Å². The predicted octanol–water partition coefficient (Wildman–Crippen LogP) is 18.5. The van der Waals surface area contributed by atoms with Gasteiger partial charge in [0.15, 0.2) is 0 Å². The van der Waals surface area contributed by atoms with Crippen molar-refractivity contribution in [2.45, 2.75) is 43.9 Å². The first kappa shape index (κ1) is 42.9. The summed E-state index contributed by atoms with van der Waals surface area (Å²) in [5, 5.41) is 0. The van der Waals surface area contributed by atoms with E-state index in [2.05, 4.69) is 281 Å². The Morgan fingerprint density at radius 2 is 0.676 bits per heavy atom. The molecule has 0 atom stereocenters. The van der Waals surface area contributed by atoms with E-state index in [1.54, 1.807) is 0 Å². The van der Waals surface area contributed by atoms with Crippen molar-refractivity contribution in [2.75, 3.05) is 4.90 Å². The molecule has 11 aromatic carbocycles. The van der Waals surface area contributed by atoms with Gasteiger partial charge in [0.1, 0.15) is 0 Å². The lowest BCUT2D eigenvalue weighted by atomic mass is 9.67. The number of hydrogen-bond donors (Lipinski definition) is 0. The van der Waals surface area contributed by atoms with Gasteiger partial charge in [-0.2, -0.15) is 0 Å². The molecule has 0 unspecified atom stereocenters. The van der Waals surface area contributed by atoms with Crippen LogP contribution >= 0.6 is 0 Å². The highest BCUT2D eigenvalue weighted by atomic mass is 15.1. The second kappa shape index (κ2) is 15.6. The van der Waals surface area contributed by atoms with Crippen molar-refractivity contribution in [2.24, 2.45) is 0 Å². The fraction of sp³-hybridized carbons (Fsp3) is 0.0959. The number of nitrogens with zero attached hydrogens (tertiary/aromatic N) is 1. The number of rotatable bonds is 6. The molecule has 4 aliphatic rings. The van der Waals surface area contributed by atoms with Gasteiger partial charge in [-0.1, -0.05) is 237 Å². The van der Waals surface area contributed by atoms with Crippen LogP contribution in [0, 0.1) is 13.8 Å². The maximum atomic E-state index is 2.54. The normalized spacial score (nSPS) is 14.8. The van der Waals surface area contributed by atoms with Gasteiger partial charge in [-0.3, -0.25) is 0 Å². The maximum Gasteiger partial charge on any atom is 0.0731 e. The molecule has 0 saturated heterocycles. The Morgan fingerprint density at radius 1 is 0.270 bits per heavy atom. The van der Waals surface area contributed by atoms with Crippen LogP contribution in [0.2, 0.25) is 0 Å². The van der Waals surface area contributed by atoms with E-state index >= 15 is 0 Å². The Bertz CT molecular complexity index is 4040. The molecule has 0 N–H and O–H groups in total. The zero-order chi connectivity index (χ0) is 49.5. The lowest BCUT2D eigenvalue weighted by Crippen LogP contribution is -2.28. The smallest absolute Gasteiger partial charge is 0.0731 e. The zero-order valence-electron chi connectivity index (χ0n) is 42.1. The molecule has 11 aromatic rings. The van der Waals surface area contributed by atoms with E-state index in [0.29, 0.717) is 0 Å². The van der Waals surface area contributed by atoms with Gasteiger partial charge in [-0.15, -0.1) is 0 Å². The Labute approximate surface area is 434 Å². The Kier molecular flexibility index (Phi) is 9.04. The minimum atomic E-state index is -0.544. The largest absolute Gasteiger partial charge is 0.310 e. The summed E-state index contributed by atoms with van der Waals surface area (Å²) < 4.78 is 0. The number of hydrogen-bond acceptors (Lipinski definition) is 1. The van der Waals surface area contributed by atoms with Gasteiger partial charge in [0.2, 0.25) is 0 Å². The summed E-state index contributed by atoms with van der Waals surface area (Å²) in [6.45, 7) is 9.26. The molecule has 0 aliphatic heterocycles. The van der Waals surface area contributed by atoms with Crippen molar-refractivity contribution in [3.05, 3.63) is 315 Å².